The predicted molar refractivity (Wildman–Crippen MR) is 84.2 cm³/mol. The molecule has 0 aromatic heterocycles. The molecule has 0 aliphatic heterocycles. The number of unbranched alkanes of at least 4 members (excludes halogenated alkanes) is 5. The molecule has 0 heterocycles. The first-order valence-electron chi connectivity index (χ1n) is 7.33. The van der Waals surface area contributed by atoms with E-state index in [0.29, 0.717) is 12.2 Å². The number of hydrogen-bond acceptors (Lipinski definition) is 3. The Bertz CT molecular complexity index is 513. The molecule has 0 fully saturated rings. The molecule has 0 unspecified atom stereocenters. The summed E-state index contributed by atoms with van der Waals surface area (Å²) in [7, 11) is -3.43. The highest BCUT2D eigenvalue weighted by atomic mass is 32.2. The number of hydrogen-bond donors (Lipinski definition) is 2. The van der Waals surface area contributed by atoms with E-state index in [1.54, 1.807) is 12.1 Å². The third kappa shape index (κ3) is 5.51. The largest absolute Gasteiger partial charge is 0.398 e. The second kappa shape index (κ2) is 8.27. The molecule has 20 heavy (non-hydrogen) atoms. The van der Waals surface area contributed by atoms with Crippen LogP contribution in [0.4, 0.5) is 5.69 Å². The molecule has 3 N–H and O–H groups in total. The van der Waals surface area contributed by atoms with Crippen molar-refractivity contribution in [2.24, 2.45) is 0 Å². The van der Waals surface area contributed by atoms with Crippen LogP contribution < -0.4 is 10.5 Å². The molecule has 0 aliphatic rings. The number of nitrogens with one attached hydrogen (secondary N) is 1. The minimum absolute atomic E-state index is 0.242. The van der Waals surface area contributed by atoms with Gasteiger partial charge in [0.2, 0.25) is 10.0 Å². The molecule has 0 radical (unpaired) electrons. The molecule has 0 saturated heterocycles. The Morgan fingerprint density at radius 2 is 1.75 bits per heavy atom. The smallest absolute Gasteiger partial charge is 0.240 e. The fraction of sp³-hybridized carbons (Fsp3) is 0.600. The summed E-state index contributed by atoms with van der Waals surface area (Å²) < 4.78 is 26.8. The van der Waals surface area contributed by atoms with Crippen molar-refractivity contribution in [2.45, 2.75) is 57.3 Å². The molecule has 0 saturated carbocycles. The molecule has 114 valence electrons. The van der Waals surface area contributed by atoms with Crippen LogP contribution in [0.2, 0.25) is 0 Å². The van der Waals surface area contributed by atoms with Gasteiger partial charge in [0, 0.05) is 12.2 Å². The normalized spacial score (nSPS) is 11.7. The lowest BCUT2D eigenvalue weighted by molar-refractivity contribution is 0.567. The number of benzene rings is 1. The highest BCUT2D eigenvalue weighted by Crippen LogP contribution is 2.17. The summed E-state index contributed by atoms with van der Waals surface area (Å²) in [6.45, 7) is 4.53. The highest BCUT2D eigenvalue weighted by Gasteiger charge is 2.13. The number of rotatable bonds is 9. The maximum absolute atomic E-state index is 12.1. The summed E-state index contributed by atoms with van der Waals surface area (Å²) in [5.41, 5.74) is 7.14. The van der Waals surface area contributed by atoms with Gasteiger partial charge in [-0.25, -0.2) is 13.1 Å². The first kappa shape index (κ1) is 17.0. The van der Waals surface area contributed by atoms with E-state index in [2.05, 4.69) is 11.6 Å². The highest BCUT2D eigenvalue weighted by molar-refractivity contribution is 7.89. The maximum Gasteiger partial charge on any atom is 0.240 e. The second-order valence-electron chi connectivity index (χ2n) is 5.18. The fourth-order valence-corrected chi connectivity index (χ4v) is 3.09. The Labute approximate surface area is 122 Å². The van der Waals surface area contributed by atoms with E-state index in [0.717, 1.165) is 18.4 Å². The molecule has 1 aromatic rings. The Kier molecular flexibility index (Phi) is 7.02. The first-order chi connectivity index (χ1) is 9.47. The van der Waals surface area contributed by atoms with Gasteiger partial charge in [0.05, 0.1) is 4.90 Å². The average Bonchev–Trinajstić information content (AvgIpc) is 2.40. The van der Waals surface area contributed by atoms with Gasteiger partial charge in [0.25, 0.3) is 0 Å². The molecule has 0 bridgehead atoms. The minimum Gasteiger partial charge on any atom is -0.398 e. The molecular formula is C15H26N2O2S. The van der Waals surface area contributed by atoms with E-state index in [9.17, 15) is 8.42 Å². The average molecular weight is 298 g/mol. The quantitative estimate of drug-likeness (QED) is 0.543. The molecule has 1 rings (SSSR count). The van der Waals surface area contributed by atoms with Crippen molar-refractivity contribution in [3.63, 3.8) is 0 Å². The number of nitrogens with two attached hydrogens (primary N) is 1. The van der Waals surface area contributed by atoms with Crippen LogP contribution in [0.15, 0.2) is 23.1 Å². The third-order valence-electron chi connectivity index (χ3n) is 3.38. The molecular weight excluding hydrogens is 272 g/mol. The van der Waals surface area contributed by atoms with Gasteiger partial charge >= 0.3 is 0 Å². The van der Waals surface area contributed by atoms with E-state index in [-0.39, 0.29) is 4.90 Å². The number of sulfonamides is 1. The van der Waals surface area contributed by atoms with Crippen molar-refractivity contribution in [1.29, 1.82) is 0 Å². The van der Waals surface area contributed by atoms with E-state index < -0.39 is 10.0 Å². The second-order valence-corrected chi connectivity index (χ2v) is 6.95. The third-order valence-corrected chi connectivity index (χ3v) is 4.84. The monoisotopic (exact) mass is 298 g/mol. The minimum atomic E-state index is -3.43. The Hall–Kier alpha value is -1.07. The van der Waals surface area contributed by atoms with E-state index in [4.69, 9.17) is 5.73 Å². The Morgan fingerprint density at radius 3 is 2.40 bits per heavy atom. The molecule has 0 spiro atoms. The van der Waals surface area contributed by atoms with Crippen LogP contribution in [-0.4, -0.2) is 15.0 Å². The van der Waals surface area contributed by atoms with Gasteiger partial charge in [-0.2, -0.15) is 0 Å². The molecule has 5 heteroatoms. The zero-order chi connectivity index (χ0) is 15.0. The van der Waals surface area contributed by atoms with Crippen LogP contribution >= 0.6 is 0 Å². The summed E-state index contributed by atoms with van der Waals surface area (Å²) >= 11 is 0. The molecule has 0 atom stereocenters. The van der Waals surface area contributed by atoms with Crippen molar-refractivity contribution in [2.75, 3.05) is 12.3 Å². The van der Waals surface area contributed by atoms with Gasteiger partial charge < -0.3 is 5.73 Å². The summed E-state index contributed by atoms with van der Waals surface area (Å²) in [6.07, 6.45) is 6.84. The fourth-order valence-electron chi connectivity index (χ4n) is 1.98. The van der Waals surface area contributed by atoms with Crippen molar-refractivity contribution in [3.8, 4) is 0 Å². The SMILES string of the molecule is CCCCCCCCNS(=O)(=O)c1ccc(C)c(N)c1. The van der Waals surface area contributed by atoms with Crippen LogP contribution in [0.3, 0.4) is 0 Å². The van der Waals surface area contributed by atoms with Crippen LogP contribution in [0.25, 0.3) is 0 Å². The van der Waals surface area contributed by atoms with Gasteiger partial charge in [-0.15, -0.1) is 0 Å². The van der Waals surface area contributed by atoms with Gasteiger partial charge in [-0.1, -0.05) is 45.1 Å². The summed E-state index contributed by atoms with van der Waals surface area (Å²) in [6, 6.07) is 4.84. The van der Waals surface area contributed by atoms with Crippen LogP contribution in [0, 0.1) is 6.92 Å². The van der Waals surface area contributed by atoms with Gasteiger partial charge in [0.1, 0.15) is 0 Å². The van der Waals surface area contributed by atoms with Crippen molar-refractivity contribution < 1.29 is 8.42 Å². The maximum atomic E-state index is 12.1. The lowest BCUT2D eigenvalue weighted by Gasteiger charge is -2.08. The summed E-state index contributed by atoms with van der Waals surface area (Å²) in [5.74, 6) is 0. The predicted octanol–water partition coefficient (Wildman–Crippen LogP) is 3.22. The summed E-state index contributed by atoms with van der Waals surface area (Å²) in [5, 5.41) is 0. The Balaban J connectivity index is 2.40. The molecule has 0 amide bonds. The molecule has 1 aromatic carbocycles. The first-order valence-corrected chi connectivity index (χ1v) is 8.81. The molecule has 4 nitrogen and oxygen atoms in total. The van der Waals surface area contributed by atoms with Crippen molar-refractivity contribution in [3.05, 3.63) is 23.8 Å². The topological polar surface area (TPSA) is 72.2 Å². The zero-order valence-corrected chi connectivity index (χ0v) is 13.3. The van der Waals surface area contributed by atoms with E-state index >= 15 is 0 Å². The van der Waals surface area contributed by atoms with Crippen LogP contribution in [0.5, 0.6) is 0 Å². The van der Waals surface area contributed by atoms with Crippen molar-refractivity contribution >= 4 is 15.7 Å². The lowest BCUT2D eigenvalue weighted by atomic mass is 10.1. The van der Waals surface area contributed by atoms with Crippen molar-refractivity contribution in [1.82, 2.24) is 4.72 Å². The van der Waals surface area contributed by atoms with E-state index in [1.807, 2.05) is 6.92 Å². The van der Waals surface area contributed by atoms with Gasteiger partial charge in [-0.05, 0) is 31.0 Å². The molecule has 0 aliphatic carbocycles. The number of anilines is 1. The Morgan fingerprint density at radius 1 is 1.10 bits per heavy atom. The summed E-state index contributed by atoms with van der Waals surface area (Å²) in [4.78, 5) is 0.242. The van der Waals surface area contributed by atoms with E-state index in [1.165, 1.54) is 31.7 Å². The standard InChI is InChI=1S/C15H26N2O2S/c1-3-4-5-6-7-8-11-17-20(18,19)14-10-9-13(2)15(16)12-14/h9-10,12,17H,3-8,11,16H2,1-2H3. The van der Waals surface area contributed by atoms with Crippen LogP contribution in [0.1, 0.15) is 51.0 Å². The zero-order valence-electron chi connectivity index (χ0n) is 12.5. The van der Waals surface area contributed by atoms with Crippen LogP contribution in [-0.2, 0) is 10.0 Å². The lowest BCUT2D eigenvalue weighted by Crippen LogP contribution is -2.24. The number of aryl methyl sites for hydroxylation is 1. The van der Waals surface area contributed by atoms with Gasteiger partial charge in [0.15, 0.2) is 0 Å². The number of nitrogen functional groups attached to an aromatic ring is 1. The van der Waals surface area contributed by atoms with Gasteiger partial charge in [-0.3, -0.25) is 0 Å².